The maximum absolute atomic E-state index is 10.7. The highest BCUT2D eigenvalue weighted by Crippen LogP contribution is 2.17. The molecule has 0 aliphatic carbocycles. The Morgan fingerprint density at radius 1 is 0.333 bits per heavy atom. The van der Waals surface area contributed by atoms with E-state index in [1.54, 1.807) is 0 Å². The summed E-state index contributed by atoms with van der Waals surface area (Å²) in [7, 11) is 0. The van der Waals surface area contributed by atoms with Gasteiger partial charge in [-0.25, -0.2) is 0 Å². The van der Waals surface area contributed by atoms with Crippen molar-refractivity contribution >= 4 is 0 Å². The van der Waals surface area contributed by atoms with E-state index in [0.717, 1.165) is 25.8 Å². The number of rotatable bonds is 42. The molecule has 0 aromatic heterocycles. The van der Waals surface area contributed by atoms with Crippen molar-refractivity contribution < 1.29 is 10.2 Å². The highest BCUT2D eigenvalue weighted by Gasteiger charge is 2.24. The molecule has 0 bridgehead atoms. The molecule has 3 atom stereocenters. The van der Waals surface area contributed by atoms with Crippen LogP contribution in [0.15, 0.2) is 0 Å². The molecule has 0 amide bonds. The lowest BCUT2D eigenvalue weighted by Crippen LogP contribution is -2.46. The van der Waals surface area contributed by atoms with Crippen molar-refractivity contribution in [3.63, 3.8) is 0 Å². The maximum atomic E-state index is 10.7. The van der Waals surface area contributed by atoms with Crippen molar-refractivity contribution in [2.24, 2.45) is 0 Å². The number of aliphatic hydroxyl groups excluding tert-OH is 2. The van der Waals surface area contributed by atoms with Gasteiger partial charge in [-0.15, -0.1) is 0 Å². The fourth-order valence-corrected chi connectivity index (χ4v) is 7.51. The number of hydrogen-bond donors (Lipinski definition) is 3. The summed E-state index contributed by atoms with van der Waals surface area (Å²) in [6.45, 7) is 7.66. The molecule has 0 saturated carbocycles. The Bertz CT molecular complexity index is 569. The van der Waals surface area contributed by atoms with Crippen molar-refractivity contribution in [3.05, 3.63) is 0 Å². The lowest BCUT2D eigenvalue weighted by atomic mass is 9.97. The summed E-state index contributed by atoms with van der Waals surface area (Å²) in [5, 5.41) is 24.9. The molecule has 0 radical (unpaired) electrons. The van der Waals surface area contributed by atoms with E-state index >= 15 is 0 Å². The number of hydrogen-bond acceptors (Lipinski definition) is 3. The average Bonchev–Trinajstić information content (AvgIpc) is 3.10. The van der Waals surface area contributed by atoms with Crippen LogP contribution in [0.25, 0.3) is 0 Å². The van der Waals surface area contributed by atoms with Gasteiger partial charge in [0.15, 0.2) is 0 Å². The molecule has 0 saturated heterocycles. The van der Waals surface area contributed by atoms with Gasteiger partial charge in [-0.1, -0.05) is 245 Å². The molecule has 0 aliphatic rings. The SMILES string of the molecule is CCCCCCCCCCCCCCCCCCCCCCCCCCNC(CC)C(O)C(O)CCCCCCCCCCCCCC. The molecule has 0 fully saturated rings. The zero-order valence-electron chi connectivity index (χ0n) is 33.7. The van der Waals surface area contributed by atoms with Crippen LogP contribution in [0.4, 0.5) is 0 Å². The molecule has 3 nitrogen and oxygen atoms in total. The highest BCUT2D eigenvalue weighted by molar-refractivity contribution is 4.80. The third-order valence-corrected chi connectivity index (χ3v) is 11.0. The molecular weight excluding hydrogens is 587 g/mol. The molecule has 0 aromatic rings. The molecule has 290 valence electrons. The molecule has 0 spiro atoms. The van der Waals surface area contributed by atoms with Crippen molar-refractivity contribution in [1.29, 1.82) is 0 Å². The van der Waals surface area contributed by atoms with Crippen LogP contribution < -0.4 is 5.32 Å². The van der Waals surface area contributed by atoms with Gasteiger partial charge in [0.2, 0.25) is 0 Å². The zero-order chi connectivity index (χ0) is 35.0. The van der Waals surface area contributed by atoms with Gasteiger partial charge in [0.05, 0.1) is 12.2 Å². The van der Waals surface area contributed by atoms with E-state index in [9.17, 15) is 10.2 Å². The van der Waals surface area contributed by atoms with Gasteiger partial charge in [-0.3, -0.25) is 0 Å². The summed E-state index contributed by atoms with van der Waals surface area (Å²) in [6, 6.07) is 0.0156. The predicted molar refractivity (Wildman–Crippen MR) is 216 cm³/mol. The Kier molecular flexibility index (Phi) is 41.2. The summed E-state index contributed by atoms with van der Waals surface area (Å²) in [6.07, 6.45) is 50.5. The van der Waals surface area contributed by atoms with Crippen molar-refractivity contribution in [2.75, 3.05) is 6.54 Å². The van der Waals surface area contributed by atoms with E-state index in [4.69, 9.17) is 0 Å². The fraction of sp³-hybridized carbons (Fsp3) is 1.00. The summed E-state index contributed by atoms with van der Waals surface area (Å²) in [4.78, 5) is 0. The summed E-state index contributed by atoms with van der Waals surface area (Å²) in [5.74, 6) is 0. The second-order valence-corrected chi connectivity index (χ2v) is 15.8. The molecule has 0 aliphatic heterocycles. The Morgan fingerprint density at radius 2 is 0.583 bits per heavy atom. The minimum atomic E-state index is -0.642. The van der Waals surface area contributed by atoms with Crippen LogP contribution in [0.1, 0.15) is 265 Å². The van der Waals surface area contributed by atoms with Crippen LogP contribution in [0.2, 0.25) is 0 Å². The highest BCUT2D eigenvalue weighted by atomic mass is 16.3. The van der Waals surface area contributed by atoms with Crippen molar-refractivity contribution in [1.82, 2.24) is 5.32 Å². The van der Waals surface area contributed by atoms with Crippen LogP contribution in [-0.2, 0) is 0 Å². The smallest absolute Gasteiger partial charge is 0.0951 e. The lowest BCUT2D eigenvalue weighted by molar-refractivity contribution is -0.0101. The van der Waals surface area contributed by atoms with Gasteiger partial charge in [-0.05, 0) is 25.8 Å². The van der Waals surface area contributed by atoms with Gasteiger partial charge in [-0.2, -0.15) is 0 Å². The van der Waals surface area contributed by atoms with Gasteiger partial charge >= 0.3 is 0 Å². The number of unbranched alkanes of at least 4 members (excludes halogenated alkanes) is 34. The maximum Gasteiger partial charge on any atom is 0.0951 e. The molecule has 3 unspecified atom stereocenters. The van der Waals surface area contributed by atoms with Gasteiger partial charge in [0.25, 0.3) is 0 Å². The van der Waals surface area contributed by atoms with Crippen molar-refractivity contribution in [2.45, 2.75) is 283 Å². The zero-order valence-corrected chi connectivity index (χ0v) is 33.7. The minimum Gasteiger partial charge on any atom is -0.390 e. The quantitative estimate of drug-likeness (QED) is 0.0563. The summed E-state index contributed by atoms with van der Waals surface area (Å²) >= 11 is 0. The Labute approximate surface area is 304 Å². The first kappa shape index (κ1) is 47.9. The Balaban J connectivity index is 3.41. The van der Waals surface area contributed by atoms with Crippen LogP contribution in [0, 0.1) is 0 Å². The van der Waals surface area contributed by atoms with E-state index < -0.39 is 12.2 Å². The normalized spacial score (nSPS) is 13.7. The second-order valence-electron chi connectivity index (χ2n) is 15.8. The van der Waals surface area contributed by atoms with Crippen LogP contribution >= 0.6 is 0 Å². The largest absolute Gasteiger partial charge is 0.390 e. The molecule has 0 rings (SSSR count). The van der Waals surface area contributed by atoms with E-state index in [2.05, 4.69) is 26.1 Å². The third-order valence-electron chi connectivity index (χ3n) is 11.0. The van der Waals surface area contributed by atoms with Crippen LogP contribution in [0.5, 0.6) is 0 Å². The van der Waals surface area contributed by atoms with Crippen molar-refractivity contribution in [3.8, 4) is 0 Å². The van der Waals surface area contributed by atoms with Gasteiger partial charge in [0, 0.05) is 6.04 Å². The first-order chi connectivity index (χ1) is 23.7. The fourth-order valence-electron chi connectivity index (χ4n) is 7.51. The summed E-state index contributed by atoms with van der Waals surface area (Å²) in [5.41, 5.74) is 0. The molecule has 48 heavy (non-hydrogen) atoms. The standard InChI is InChI=1S/C45H93NO2/c1-4-7-9-11-13-15-17-19-20-21-22-23-24-25-26-27-28-29-30-32-34-36-38-40-42-46-43(6-3)45(48)44(47)41-39-37-35-33-31-18-16-14-12-10-8-5-2/h43-48H,4-42H2,1-3H3. The van der Waals surface area contributed by atoms with Crippen LogP contribution in [0.3, 0.4) is 0 Å². The van der Waals surface area contributed by atoms with Gasteiger partial charge in [0.1, 0.15) is 0 Å². The second kappa shape index (κ2) is 41.3. The van der Waals surface area contributed by atoms with Crippen LogP contribution in [-0.4, -0.2) is 35.0 Å². The third kappa shape index (κ3) is 35.7. The topological polar surface area (TPSA) is 52.5 Å². The van der Waals surface area contributed by atoms with E-state index in [1.807, 2.05) is 0 Å². The molecule has 0 aromatic carbocycles. The van der Waals surface area contributed by atoms with E-state index in [0.29, 0.717) is 0 Å². The Hall–Kier alpha value is -0.120. The number of nitrogens with one attached hydrogen (secondary N) is 1. The Morgan fingerprint density at radius 3 is 0.854 bits per heavy atom. The summed E-state index contributed by atoms with van der Waals surface area (Å²) < 4.78 is 0. The predicted octanol–water partition coefficient (Wildman–Crippen LogP) is 14.5. The van der Waals surface area contributed by atoms with E-state index in [1.165, 1.54) is 225 Å². The van der Waals surface area contributed by atoms with E-state index in [-0.39, 0.29) is 6.04 Å². The van der Waals surface area contributed by atoms with Gasteiger partial charge < -0.3 is 15.5 Å². The molecular formula is C45H93NO2. The average molecular weight is 680 g/mol. The first-order valence-corrected chi connectivity index (χ1v) is 22.8. The first-order valence-electron chi connectivity index (χ1n) is 22.8. The molecule has 3 N–H and O–H groups in total. The molecule has 0 heterocycles. The lowest BCUT2D eigenvalue weighted by Gasteiger charge is -2.27. The monoisotopic (exact) mass is 680 g/mol. The number of aliphatic hydroxyl groups is 2. The minimum absolute atomic E-state index is 0.0156. The molecule has 3 heteroatoms.